The van der Waals surface area contributed by atoms with Gasteiger partial charge in [0.1, 0.15) is 0 Å². The zero-order valence-corrected chi connectivity index (χ0v) is 12.2. The number of hydrogen-bond acceptors (Lipinski definition) is 3. The van der Waals surface area contributed by atoms with Crippen LogP contribution in [-0.4, -0.2) is 31.5 Å². The number of fused-ring (bicyclic) bond motifs is 1. The summed E-state index contributed by atoms with van der Waals surface area (Å²) >= 11 is 0. The summed E-state index contributed by atoms with van der Waals surface area (Å²) in [5.41, 5.74) is 2.30. The highest BCUT2D eigenvalue weighted by Crippen LogP contribution is 2.18. The predicted octanol–water partition coefficient (Wildman–Crippen LogP) is 1.80. The minimum absolute atomic E-state index is 0.198. The lowest BCUT2D eigenvalue weighted by molar-refractivity contribution is 0.591. The van der Waals surface area contributed by atoms with Crippen LogP contribution in [0.3, 0.4) is 0 Å². The lowest BCUT2D eigenvalue weighted by atomic mass is 10.1. The number of benzene rings is 1. The zero-order valence-electron chi connectivity index (χ0n) is 11.4. The van der Waals surface area contributed by atoms with Crippen molar-refractivity contribution >= 4 is 20.7 Å². The van der Waals surface area contributed by atoms with E-state index in [-0.39, 0.29) is 11.5 Å². The van der Waals surface area contributed by atoms with Crippen LogP contribution in [0, 0.1) is 0 Å². The fourth-order valence-corrected chi connectivity index (χ4v) is 2.88. The van der Waals surface area contributed by atoms with Crippen molar-refractivity contribution in [2.75, 3.05) is 18.6 Å². The van der Waals surface area contributed by atoms with Gasteiger partial charge in [-0.3, -0.25) is 0 Å². The van der Waals surface area contributed by atoms with Crippen LogP contribution in [0.5, 0.6) is 0 Å². The van der Waals surface area contributed by atoms with Crippen LogP contribution in [0.25, 0.3) is 10.9 Å². The second-order valence-electron chi connectivity index (χ2n) is 4.67. The topological polar surface area (TPSA) is 51.1 Å². The number of nitrogens with one attached hydrogen (secondary N) is 1. The van der Waals surface area contributed by atoms with E-state index >= 15 is 0 Å². The van der Waals surface area contributed by atoms with Crippen LogP contribution in [0.2, 0.25) is 0 Å². The van der Waals surface area contributed by atoms with E-state index in [1.165, 1.54) is 5.56 Å². The normalized spacial score (nSPS) is 12.1. The van der Waals surface area contributed by atoms with Crippen LogP contribution in [0.15, 0.2) is 30.5 Å². The molecule has 1 heterocycles. The third-order valence-corrected chi connectivity index (χ3v) is 4.99. The molecule has 0 atom stereocenters. The van der Waals surface area contributed by atoms with Crippen LogP contribution in [0.1, 0.15) is 12.5 Å². The third-order valence-electron chi connectivity index (χ3n) is 3.30. The molecule has 104 valence electrons. The Morgan fingerprint density at radius 1 is 1.26 bits per heavy atom. The molecule has 1 aromatic heterocycles. The molecule has 0 aliphatic carbocycles. The van der Waals surface area contributed by atoms with Crippen LogP contribution in [0.4, 0.5) is 0 Å². The van der Waals surface area contributed by atoms with Gasteiger partial charge in [-0.15, -0.1) is 0 Å². The maximum atomic E-state index is 11.6. The first-order valence-corrected chi connectivity index (χ1v) is 8.30. The average molecular weight is 280 g/mol. The molecule has 0 unspecified atom stereocenters. The Labute approximate surface area is 114 Å². The Hall–Kier alpha value is -1.33. The summed E-state index contributed by atoms with van der Waals surface area (Å²) in [5, 5.41) is 4.27. The Morgan fingerprint density at radius 3 is 2.74 bits per heavy atom. The number of nitrogens with zero attached hydrogens (tertiary/aromatic N) is 1. The van der Waals surface area contributed by atoms with E-state index in [4.69, 9.17) is 0 Å². The van der Waals surface area contributed by atoms with E-state index < -0.39 is 9.84 Å². The molecule has 2 aromatic rings. The Morgan fingerprint density at radius 2 is 2.05 bits per heavy atom. The molecule has 1 N–H and O–H groups in total. The minimum Gasteiger partial charge on any atom is -0.346 e. The van der Waals surface area contributed by atoms with Gasteiger partial charge in [0.25, 0.3) is 0 Å². The van der Waals surface area contributed by atoms with Crippen LogP contribution >= 0.6 is 0 Å². The Balaban J connectivity index is 2.25. The summed E-state index contributed by atoms with van der Waals surface area (Å²) < 4.78 is 25.2. The molecule has 2 rings (SSSR count). The lowest BCUT2D eigenvalue weighted by Crippen LogP contribution is -2.14. The summed E-state index contributed by atoms with van der Waals surface area (Å²) in [7, 11) is -1.00. The molecule has 0 bridgehead atoms. The van der Waals surface area contributed by atoms with E-state index in [1.807, 2.05) is 23.9 Å². The molecular formula is C14H20N2O2S. The molecule has 0 aliphatic heterocycles. The summed E-state index contributed by atoms with van der Waals surface area (Å²) in [6.45, 7) is 3.02. The molecule has 0 aliphatic rings. The van der Waals surface area contributed by atoms with E-state index in [2.05, 4.69) is 23.5 Å². The molecule has 0 amide bonds. The van der Waals surface area contributed by atoms with E-state index in [0.29, 0.717) is 6.54 Å². The second-order valence-corrected chi connectivity index (χ2v) is 7.14. The van der Waals surface area contributed by atoms with Gasteiger partial charge >= 0.3 is 0 Å². The molecule has 0 spiro atoms. The number of rotatable bonds is 6. The predicted molar refractivity (Wildman–Crippen MR) is 79.0 cm³/mol. The quantitative estimate of drug-likeness (QED) is 0.878. The maximum absolute atomic E-state index is 11.6. The smallest absolute Gasteiger partial charge is 0.151 e. The van der Waals surface area contributed by atoms with Crippen molar-refractivity contribution in [3.8, 4) is 0 Å². The van der Waals surface area contributed by atoms with Crippen LogP contribution in [-0.2, 0) is 22.9 Å². The number of aromatic nitrogens is 1. The fraction of sp³-hybridized carbons (Fsp3) is 0.429. The SMILES string of the molecule is CCS(=O)(=O)CCn1ccc2ccc(CNC)cc21. The Kier molecular flexibility index (Phi) is 4.27. The molecule has 19 heavy (non-hydrogen) atoms. The first-order chi connectivity index (χ1) is 9.05. The molecular weight excluding hydrogens is 260 g/mol. The number of aryl methyl sites for hydroxylation is 1. The van der Waals surface area contributed by atoms with Gasteiger partial charge in [-0.25, -0.2) is 8.42 Å². The largest absolute Gasteiger partial charge is 0.346 e. The summed E-state index contributed by atoms with van der Waals surface area (Å²) in [4.78, 5) is 0. The number of hydrogen-bond donors (Lipinski definition) is 1. The standard InChI is InChI=1S/C14H20N2O2S/c1-3-19(17,18)9-8-16-7-6-13-5-4-12(11-15-2)10-14(13)16/h4-7,10,15H,3,8-9,11H2,1-2H3. The second kappa shape index (κ2) is 5.75. The Bertz CT molecular complexity index is 659. The van der Waals surface area contributed by atoms with Gasteiger partial charge in [-0.2, -0.15) is 0 Å². The first-order valence-electron chi connectivity index (χ1n) is 6.48. The minimum atomic E-state index is -2.92. The third kappa shape index (κ3) is 3.36. The van der Waals surface area contributed by atoms with E-state index in [9.17, 15) is 8.42 Å². The summed E-state index contributed by atoms with van der Waals surface area (Å²) in [6.07, 6.45) is 1.96. The van der Waals surface area contributed by atoms with Crippen molar-refractivity contribution in [3.63, 3.8) is 0 Å². The van der Waals surface area contributed by atoms with Gasteiger partial charge in [0.2, 0.25) is 0 Å². The highest BCUT2D eigenvalue weighted by Gasteiger charge is 2.09. The van der Waals surface area contributed by atoms with Crippen molar-refractivity contribution in [2.24, 2.45) is 0 Å². The molecule has 4 nitrogen and oxygen atoms in total. The maximum Gasteiger partial charge on any atom is 0.151 e. The molecule has 0 saturated heterocycles. The van der Waals surface area contributed by atoms with Gasteiger partial charge < -0.3 is 9.88 Å². The van der Waals surface area contributed by atoms with Crippen molar-refractivity contribution in [2.45, 2.75) is 20.0 Å². The van der Waals surface area contributed by atoms with Crippen molar-refractivity contribution in [3.05, 3.63) is 36.0 Å². The van der Waals surface area contributed by atoms with E-state index in [1.54, 1.807) is 6.92 Å². The molecule has 5 heteroatoms. The van der Waals surface area contributed by atoms with Crippen molar-refractivity contribution in [1.29, 1.82) is 0 Å². The van der Waals surface area contributed by atoms with Gasteiger partial charge in [0, 0.05) is 30.6 Å². The highest BCUT2D eigenvalue weighted by atomic mass is 32.2. The molecule has 0 fully saturated rings. The van der Waals surface area contributed by atoms with Crippen molar-refractivity contribution < 1.29 is 8.42 Å². The highest BCUT2D eigenvalue weighted by molar-refractivity contribution is 7.91. The van der Waals surface area contributed by atoms with E-state index in [0.717, 1.165) is 17.4 Å². The first kappa shape index (κ1) is 14.1. The van der Waals surface area contributed by atoms with Crippen molar-refractivity contribution in [1.82, 2.24) is 9.88 Å². The molecule has 0 saturated carbocycles. The molecule has 0 radical (unpaired) electrons. The monoisotopic (exact) mass is 280 g/mol. The fourth-order valence-electron chi connectivity index (χ4n) is 2.12. The summed E-state index contributed by atoms with van der Waals surface area (Å²) in [6, 6.07) is 8.31. The summed E-state index contributed by atoms with van der Waals surface area (Å²) in [5.74, 6) is 0.404. The lowest BCUT2D eigenvalue weighted by Gasteiger charge is -2.07. The van der Waals surface area contributed by atoms with Gasteiger partial charge in [0.05, 0.1) is 5.75 Å². The number of sulfone groups is 1. The molecule has 1 aromatic carbocycles. The van der Waals surface area contributed by atoms with Gasteiger partial charge in [-0.1, -0.05) is 19.1 Å². The van der Waals surface area contributed by atoms with Gasteiger partial charge in [-0.05, 0) is 30.1 Å². The zero-order chi connectivity index (χ0) is 13.9. The van der Waals surface area contributed by atoms with Crippen LogP contribution < -0.4 is 5.32 Å². The van der Waals surface area contributed by atoms with Gasteiger partial charge in [0.15, 0.2) is 9.84 Å². The average Bonchev–Trinajstić information content (AvgIpc) is 2.79.